The molecule has 0 atom stereocenters. The van der Waals surface area contributed by atoms with Gasteiger partial charge in [-0.05, 0) is 49.6 Å². The van der Waals surface area contributed by atoms with Crippen molar-refractivity contribution in [2.75, 3.05) is 0 Å². The Labute approximate surface area is 167 Å². The van der Waals surface area contributed by atoms with E-state index < -0.39 is 20.4 Å². The van der Waals surface area contributed by atoms with Gasteiger partial charge in [0.25, 0.3) is 0 Å². The van der Waals surface area contributed by atoms with Gasteiger partial charge in [-0.15, -0.1) is 0 Å². The quantitative estimate of drug-likeness (QED) is 0.596. The largest absolute Gasteiger partial charge is 0.297 e. The fourth-order valence-electron chi connectivity index (χ4n) is 2.44. The maximum Gasteiger partial charge on any atom is 0.190 e. The van der Waals surface area contributed by atoms with Crippen LogP contribution >= 0.6 is 23.1 Å². The zero-order chi connectivity index (χ0) is 19.7. The number of halogens is 1. The minimum atomic E-state index is -3.87. The molecule has 0 aliphatic carbocycles. The van der Waals surface area contributed by atoms with Crippen LogP contribution in [0.2, 0.25) is 5.02 Å². The summed E-state index contributed by atoms with van der Waals surface area (Å²) in [6.45, 7) is 2.83. The molecule has 5 nitrogen and oxygen atoms in total. The van der Waals surface area contributed by atoms with E-state index in [9.17, 15) is 13.2 Å². The molecule has 0 aliphatic rings. The molecule has 0 saturated carbocycles. The minimum Gasteiger partial charge on any atom is -0.297 e. The summed E-state index contributed by atoms with van der Waals surface area (Å²) in [7, 11) is -3.87. The number of hydrogen-bond donors (Lipinski definition) is 0. The highest BCUT2D eigenvalue weighted by molar-refractivity contribution is 7.93. The Morgan fingerprint density at radius 2 is 1.70 bits per heavy atom. The van der Waals surface area contributed by atoms with Crippen molar-refractivity contribution in [3.05, 3.63) is 64.6 Å². The Hall–Kier alpha value is -2.09. The zero-order valence-electron chi connectivity index (χ0n) is 14.7. The Balaban J connectivity index is 1.82. The third kappa shape index (κ3) is 3.95. The van der Waals surface area contributed by atoms with E-state index in [1.54, 1.807) is 0 Å². The zero-order valence-corrected chi connectivity index (χ0v) is 17.1. The summed E-state index contributed by atoms with van der Waals surface area (Å²) in [6.07, 6.45) is -0.0929. The second-order valence-corrected chi connectivity index (χ2v) is 10.2. The van der Waals surface area contributed by atoms with Gasteiger partial charge in [-0.25, -0.2) is 13.4 Å². The third-order valence-electron chi connectivity index (χ3n) is 4.28. The van der Waals surface area contributed by atoms with E-state index in [4.69, 9.17) is 11.6 Å². The predicted octanol–water partition coefficient (Wildman–Crippen LogP) is 4.22. The Kier molecular flexibility index (Phi) is 5.46. The predicted molar refractivity (Wildman–Crippen MR) is 107 cm³/mol. The molecule has 0 aliphatic heterocycles. The van der Waals surface area contributed by atoms with E-state index in [0.717, 1.165) is 17.1 Å². The molecule has 8 heteroatoms. The first-order valence-electron chi connectivity index (χ1n) is 8.13. The maximum atomic E-state index is 12.9. The number of Topliss-reactive ketones (excluding diaryl/α,β-unsaturated/α-hetero) is 1. The van der Waals surface area contributed by atoms with Crippen molar-refractivity contribution in [2.24, 2.45) is 0 Å². The molecule has 140 valence electrons. The standard InChI is InChI=1S/C19H17ClN2O3S2/c1-19(2,27(24,25)15-10-8-14(20)9-11-15)16(23)12-17-21-18(22-26-17)13-6-4-3-5-7-13/h3-11H,12H2,1-2H3. The van der Waals surface area contributed by atoms with Crippen LogP contribution < -0.4 is 0 Å². The molecule has 0 saturated heterocycles. The van der Waals surface area contributed by atoms with Gasteiger partial charge in [-0.3, -0.25) is 4.79 Å². The summed E-state index contributed by atoms with van der Waals surface area (Å²) in [5.74, 6) is 0.0926. The number of rotatable bonds is 6. The van der Waals surface area contributed by atoms with E-state index in [1.807, 2.05) is 30.3 Å². The summed E-state index contributed by atoms with van der Waals surface area (Å²) in [5.41, 5.74) is 0.848. The number of ketones is 1. The monoisotopic (exact) mass is 420 g/mol. The molecule has 3 rings (SSSR count). The lowest BCUT2D eigenvalue weighted by Gasteiger charge is -2.23. The lowest BCUT2D eigenvalue weighted by Crippen LogP contribution is -2.41. The molecule has 0 bridgehead atoms. The van der Waals surface area contributed by atoms with Crippen LogP contribution in [0.5, 0.6) is 0 Å². The van der Waals surface area contributed by atoms with Crippen molar-refractivity contribution in [1.82, 2.24) is 9.36 Å². The number of carbonyl (C=O) groups excluding carboxylic acids is 1. The van der Waals surface area contributed by atoms with Crippen molar-refractivity contribution in [3.63, 3.8) is 0 Å². The van der Waals surface area contributed by atoms with Gasteiger partial charge in [0.15, 0.2) is 21.4 Å². The Morgan fingerprint density at radius 3 is 2.33 bits per heavy atom. The topological polar surface area (TPSA) is 77.0 Å². The van der Waals surface area contributed by atoms with Crippen LogP contribution in [-0.4, -0.2) is 28.3 Å². The second kappa shape index (κ2) is 7.50. The van der Waals surface area contributed by atoms with Gasteiger partial charge in [0.2, 0.25) is 0 Å². The molecular formula is C19H17ClN2O3S2. The average Bonchev–Trinajstić information content (AvgIpc) is 3.11. The summed E-state index contributed by atoms with van der Waals surface area (Å²) >= 11 is 6.93. The fourth-order valence-corrected chi connectivity index (χ4v) is 4.68. The van der Waals surface area contributed by atoms with E-state index in [-0.39, 0.29) is 11.3 Å². The van der Waals surface area contributed by atoms with Gasteiger partial charge in [0, 0.05) is 10.6 Å². The molecule has 2 aromatic carbocycles. The van der Waals surface area contributed by atoms with Gasteiger partial charge in [0.05, 0.1) is 11.3 Å². The van der Waals surface area contributed by atoms with Crippen molar-refractivity contribution < 1.29 is 13.2 Å². The van der Waals surface area contributed by atoms with E-state index in [1.165, 1.54) is 38.1 Å². The fraction of sp³-hybridized carbons (Fsp3) is 0.211. The number of nitrogens with zero attached hydrogens (tertiary/aromatic N) is 2. The molecule has 27 heavy (non-hydrogen) atoms. The third-order valence-corrected chi connectivity index (χ3v) is 7.71. The normalized spacial score (nSPS) is 12.1. The smallest absolute Gasteiger partial charge is 0.190 e. The maximum absolute atomic E-state index is 12.9. The average molecular weight is 421 g/mol. The second-order valence-electron chi connectivity index (χ2n) is 6.45. The lowest BCUT2D eigenvalue weighted by atomic mass is 10.1. The number of sulfone groups is 1. The number of hydrogen-bond acceptors (Lipinski definition) is 6. The lowest BCUT2D eigenvalue weighted by molar-refractivity contribution is -0.120. The van der Waals surface area contributed by atoms with Crippen LogP contribution in [0, 0.1) is 0 Å². The highest BCUT2D eigenvalue weighted by Crippen LogP contribution is 2.29. The van der Waals surface area contributed by atoms with Crippen molar-refractivity contribution >= 4 is 38.8 Å². The van der Waals surface area contributed by atoms with Gasteiger partial charge in [-0.1, -0.05) is 41.9 Å². The Morgan fingerprint density at radius 1 is 1.07 bits per heavy atom. The molecule has 1 heterocycles. The van der Waals surface area contributed by atoms with Crippen LogP contribution in [0.25, 0.3) is 11.4 Å². The summed E-state index contributed by atoms with van der Waals surface area (Å²) in [6, 6.07) is 15.2. The summed E-state index contributed by atoms with van der Waals surface area (Å²) < 4.78 is 28.5. The molecule has 0 N–H and O–H groups in total. The molecular weight excluding hydrogens is 404 g/mol. The van der Waals surface area contributed by atoms with Crippen LogP contribution in [-0.2, 0) is 21.1 Å². The molecule has 3 aromatic rings. The van der Waals surface area contributed by atoms with Crippen LogP contribution in [0.4, 0.5) is 0 Å². The van der Waals surface area contributed by atoms with E-state index in [2.05, 4.69) is 9.36 Å². The van der Waals surface area contributed by atoms with Crippen LogP contribution in [0.1, 0.15) is 18.9 Å². The van der Waals surface area contributed by atoms with Gasteiger partial charge in [-0.2, -0.15) is 4.37 Å². The first-order chi connectivity index (χ1) is 12.7. The molecule has 0 fully saturated rings. The van der Waals surface area contributed by atoms with Crippen molar-refractivity contribution in [3.8, 4) is 11.4 Å². The number of aromatic nitrogens is 2. The Bertz CT molecular complexity index is 1060. The van der Waals surface area contributed by atoms with Crippen molar-refractivity contribution in [2.45, 2.75) is 29.9 Å². The molecule has 0 unspecified atom stereocenters. The molecule has 1 aromatic heterocycles. The SMILES string of the molecule is CC(C)(C(=O)Cc1nc(-c2ccccc2)ns1)S(=O)(=O)c1ccc(Cl)cc1. The summed E-state index contributed by atoms with van der Waals surface area (Å²) in [4.78, 5) is 17.2. The van der Waals surface area contributed by atoms with Gasteiger partial charge in [0.1, 0.15) is 9.75 Å². The van der Waals surface area contributed by atoms with Crippen molar-refractivity contribution in [1.29, 1.82) is 0 Å². The highest BCUT2D eigenvalue weighted by Gasteiger charge is 2.42. The molecule has 0 radical (unpaired) electrons. The van der Waals surface area contributed by atoms with Gasteiger partial charge >= 0.3 is 0 Å². The van der Waals surface area contributed by atoms with Gasteiger partial charge < -0.3 is 0 Å². The first kappa shape index (κ1) is 19.7. The molecule has 0 spiro atoms. The highest BCUT2D eigenvalue weighted by atomic mass is 35.5. The number of carbonyl (C=O) groups is 1. The molecule has 0 amide bonds. The minimum absolute atomic E-state index is 0.0625. The van der Waals surface area contributed by atoms with Crippen LogP contribution in [0.3, 0.4) is 0 Å². The van der Waals surface area contributed by atoms with E-state index >= 15 is 0 Å². The first-order valence-corrected chi connectivity index (χ1v) is 10.8. The summed E-state index contributed by atoms with van der Waals surface area (Å²) in [5, 5.41) is 0.915. The van der Waals surface area contributed by atoms with Crippen LogP contribution in [0.15, 0.2) is 59.5 Å². The number of benzene rings is 2. The van der Waals surface area contributed by atoms with E-state index in [0.29, 0.717) is 15.9 Å².